The molecule has 2 aliphatic rings. The van der Waals surface area contributed by atoms with Crippen LogP contribution in [0.4, 0.5) is 0 Å². The summed E-state index contributed by atoms with van der Waals surface area (Å²) in [6, 6.07) is 8.90. The quantitative estimate of drug-likeness (QED) is 0.892. The molecule has 0 aliphatic carbocycles. The summed E-state index contributed by atoms with van der Waals surface area (Å²) in [7, 11) is 0. The molecule has 4 nitrogen and oxygen atoms in total. The van der Waals surface area contributed by atoms with E-state index < -0.39 is 0 Å². The number of benzene rings is 1. The Kier molecular flexibility index (Phi) is 5.12. The summed E-state index contributed by atoms with van der Waals surface area (Å²) >= 11 is 0. The van der Waals surface area contributed by atoms with Crippen molar-refractivity contribution < 1.29 is 9.47 Å². The third kappa shape index (κ3) is 4.19. The third-order valence-electron chi connectivity index (χ3n) is 4.35. The highest BCUT2D eigenvalue weighted by molar-refractivity contribution is 5.35. The Morgan fingerprint density at radius 2 is 2.10 bits per heavy atom. The first kappa shape index (κ1) is 14.8. The fourth-order valence-corrected chi connectivity index (χ4v) is 3.13. The molecule has 1 saturated heterocycles. The number of fused-ring (bicyclic) bond motifs is 1. The van der Waals surface area contributed by atoms with Crippen LogP contribution in [0.1, 0.15) is 12.5 Å². The Morgan fingerprint density at radius 3 is 2.95 bits per heavy atom. The number of hydrogen-bond donors (Lipinski definition) is 1. The van der Waals surface area contributed by atoms with Crippen molar-refractivity contribution in [2.24, 2.45) is 5.92 Å². The number of nitrogens with zero attached hydrogens (tertiary/aromatic N) is 1. The van der Waals surface area contributed by atoms with Crippen LogP contribution >= 0.6 is 0 Å². The Labute approximate surface area is 127 Å². The van der Waals surface area contributed by atoms with Crippen LogP contribution in [0.25, 0.3) is 0 Å². The van der Waals surface area contributed by atoms with Crippen LogP contribution in [0.5, 0.6) is 5.75 Å². The van der Waals surface area contributed by atoms with Gasteiger partial charge in [-0.1, -0.05) is 18.2 Å². The van der Waals surface area contributed by atoms with E-state index in [0.717, 1.165) is 58.2 Å². The van der Waals surface area contributed by atoms with Gasteiger partial charge in [0.05, 0.1) is 19.8 Å². The normalized spacial score (nSPS) is 24.1. The molecule has 0 spiro atoms. The molecule has 4 heteroatoms. The molecule has 21 heavy (non-hydrogen) atoms. The zero-order valence-electron chi connectivity index (χ0n) is 12.9. The summed E-state index contributed by atoms with van der Waals surface area (Å²) < 4.78 is 11.2. The predicted molar refractivity (Wildman–Crippen MR) is 83.9 cm³/mol. The summed E-state index contributed by atoms with van der Waals surface area (Å²) in [5.74, 6) is 1.64. The van der Waals surface area contributed by atoms with Crippen molar-refractivity contribution in [1.82, 2.24) is 10.2 Å². The Morgan fingerprint density at radius 1 is 1.29 bits per heavy atom. The lowest BCUT2D eigenvalue weighted by Crippen LogP contribution is -2.46. The summed E-state index contributed by atoms with van der Waals surface area (Å²) in [5, 5.41) is 3.67. The summed E-state index contributed by atoms with van der Waals surface area (Å²) in [6.07, 6.45) is 1.12. The molecule has 2 heterocycles. The van der Waals surface area contributed by atoms with Crippen molar-refractivity contribution in [3.05, 3.63) is 29.8 Å². The molecular formula is C17H26N2O2. The second kappa shape index (κ2) is 7.25. The largest absolute Gasteiger partial charge is 0.493 e. The maximum atomic E-state index is 5.85. The molecule has 1 aromatic carbocycles. The molecule has 2 aliphatic heterocycles. The second-order valence-electron chi connectivity index (χ2n) is 6.21. The van der Waals surface area contributed by atoms with E-state index in [-0.39, 0.29) is 0 Å². The van der Waals surface area contributed by atoms with Gasteiger partial charge in [0.25, 0.3) is 0 Å². The second-order valence-corrected chi connectivity index (χ2v) is 6.21. The SMILES string of the molecule is CC(CN1CCOCC1)NCC1COc2ccccc2C1. The van der Waals surface area contributed by atoms with Crippen LogP contribution in [-0.4, -0.2) is 56.9 Å². The molecule has 2 unspecified atom stereocenters. The highest BCUT2D eigenvalue weighted by atomic mass is 16.5. The average molecular weight is 290 g/mol. The lowest BCUT2D eigenvalue weighted by atomic mass is 9.96. The van der Waals surface area contributed by atoms with Gasteiger partial charge < -0.3 is 14.8 Å². The maximum Gasteiger partial charge on any atom is 0.122 e. The van der Waals surface area contributed by atoms with Gasteiger partial charge in [0.15, 0.2) is 0 Å². The number of rotatable bonds is 5. The van der Waals surface area contributed by atoms with Gasteiger partial charge in [-0.05, 0) is 25.0 Å². The van der Waals surface area contributed by atoms with Gasteiger partial charge >= 0.3 is 0 Å². The smallest absolute Gasteiger partial charge is 0.122 e. The fraction of sp³-hybridized carbons (Fsp3) is 0.647. The zero-order valence-corrected chi connectivity index (χ0v) is 12.9. The first-order valence-electron chi connectivity index (χ1n) is 8.05. The van der Waals surface area contributed by atoms with Crippen molar-refractivity contribution >= 4 is 0 Å². The van der Waals surface area contributed by atoms with Crippen molar-refractivity contribution in [2.45, 2.75) is 19.4 Å². The van der Waals surface area contributed by atoms with Crippen LogP contribution < -0.4 is 10.1 Å². The van der Waals surface area contributed by atoms with Crippen LogP contribution in [0, 0.1) is 5.92 Å². The molecule has 116 valence electrons. The molecular weight excluding hydrogens is 264 g/mol. The van der Waals surface area contributed by atoms with Gasteiger partial charge in [0.1, 0.15) is 5.75 Å². The van der Waals surface area contributed by atoms with Crippen molar-refractivity contribution in [3.63, 3.8) is 0 Å². The van der Waals surface area contributed by atoms with E-state index in [1.165, 1.54) is 5.56 Å². The Bertz CT molecular complexity index is 446. The molecule has 1 N–H and O–H groups in total. The molecule has 1 fully saturated rings. The Balaban J connectivity index is 1.41. The highest BCUT2D eigenvalue weighted by Gasteiger charge is 2.20. The van der Waals surface area contributed by atoms with Crippen LogP contribution in [0.3, 0.4) is 0 Å². The van der Waals surface area contributed by atoms with E-state index in [9.17, 15) is 0 Å². The maximum absolute atomic E-state index is 5.85. The molecule has 1 aromatic rings. The lowest BCUT2D eigenvalue weighted by Gasteiger charge is -2.31. The first-order valence-corrected chi connectivity index (χ1v) is 8.05. The van der Waals surface area contributed by atoms with Gasteiger partial charge in [-0.15, -0.1) is 0 Å². The number of ether oxygens (including phenoxy) is 2. The molecule has 0 amide bonds. The standard InChI is InChI=1S/C17H26N2O2/c1-14(12-19-6-8-20-9-7-19)18-11-15-10-16-4-2-3-5-17(16)21-13-15/h2-5,14-15,18H,6-13H2,1H3. The van der Waals surface area contributed by atoms with Gasteiger partial charge in [-0.25, -0.2) is 0 Å². The van der Waals surface area contributed by atoms with Crippen LogP contribution in [0.2, 0.25) is 0 Å². The molecule has 0 aromatic heterocycles. The highest BCUT2D eigenvalue weighted by Crippen LogP contribution is 2.26. The molecule has 0 bridgehead atoms. The van der Waals surface area contributed by atoms with Crippen LogP contribution in [-0.2, 0) is 11.2 Å². The monoisotopic (exact) mass is 290 g/mol. The van der Waals surface area contributed by atoms with Crippen molar-refractivity contribution in [3.8, 4) is 5.75 Å². The van der Waals surface area contributed by atoms with E-state index in [1.54, 1.807) is 0 Å². The number of para-hydroxylation sites is 1. The summed E-state index contributed by atoms with van der Waals surface area (Å²) in [6.45, 7) is 9.10. The minimum atomic E-state index is 0.514. The fourth-order valence-electron chi connectivity index (χ4n) is 3.13. The van der Waals surface area contributed by atoms with E-state index >= 15 is 0 Å². The van der Waals surface area contributed by atoms with Gasteiger partial charge in [0, 0.05) is 38.1 Å². The summed E-state index contributed by atoms with van der Waals surface area (Å²) in [4.78, 5) is 2.48. The number of nitrogens with one attached hydrogen (secondary N) is 1. The van der Waals surface area contributed by atoms with E-state index in [0.29, 0.717) is 12.0 Å². The van der Waals surface area contributed by atoms with E-state index in [2.05, 4.69) is 35.3 Å². The number of morpholine rings is 1. The lowest BCUT2D eigenvalue weighted by molar-refractivity contribution is 0.0341. The third-order valence-corrected chi connectivity index (χ3v) is 4.35. The molecule has 3 rings (SSSR count). The molecule has 2 atom stereocenters. The molecule has 0 saturated carbocycles. The predicted octanol–water partition coefficient (Wildman–Crippen LogP) is 1.55. The van der Waals surface area contributed by atoms with Gasteiger partial charge in [-0.2, -0.15) is 0 Å². The summed E-state index contributed by atoms with van der Waals surface area (Å²) in [5.41, 5.74) is 1.34. The zero-order chi connectivity index (χ0) is 14.5. The minimum absolute atomic E-state index is 0.514. The van der Waals surface area contributed by atoms with Crippen molar-refractivity contribution in [1.29, 1.82) is 0 Å². The van der Waals surface area contributed by atoms with Crippen molar-refractivity contribution in [2.75, 3.05) is 46.0 Å². The Hall–Kier alpha value is -1.10. The van der Waals surface area contributed by atoms with Gasteiger partial charge in [-0.3, -0.25) is 4.90 Å². The van der Waals surface area contributed by atoms with Crippen LogP contribution in [0.15, 0.2) is 24.3 Å². The minimum Gasteiger partial charge on any atom is -0.493 e. The van der Waals surface area contributed by atoms with E-state index in [4.69, 9.17) is 9.47 Å². The number of hydrogen-bond acceptors (Lipinski definition) is 4. The topological polar surface area (TPSA) is 33.7 Å². The van der Waals surface area contributed by atoms with E-state index in [1.807, 2.05) is 6.07 Å². The average Bonchev–Trinajstić information content (AvgIpc) is 2.54. The molecule has 0 radical (unpaired) electrons. The van der Waals surface area contributed by atoms with Gasteiger partial charge in [0.2, 0.25) is 0 Å². The first-order chi connectivity index (χ1) is 10.3.